The van der Waals surface area contributed by atoms with Crippen LogP contribution in [0.3, 0.4) is 0 Å². The fourth-order valence-corrected chi connectivity index (χ4v) is 1.71. The third-order valence-corrected chi connectivity index (χ3v) is 2.93. The summed E-state index contributed by atoms with van der Waals surface area (Å²) >= 11 is 0. The minimum absolute atomic E-state index is 0.131. The molecule has 122 valence electrons. The number of amides is 2. The number of nitrogens with zero attached hydrogens (tertiary/aromatic N) is 1. The van der Waals surface area contributed by atoms with Crippen molar-refractivity contribution in [1.29, 1.82) is 0 Å². The number of carbonyl (C=O) groups excluding carboxylic acids is 1. The number of urea groups is 1. The molecule has 0 aromatic heterocycles. The van der Waals surface area contributed by atoms with E-state index in [1.807, 2.05) is 32.8 Å². The third-order valence-electron chi connectivity index (χ3n) is 2.93. The average molecular weight is 303 g/mol. The smallest absolute Gasteiger partial charge is 0.326 e. The number of nitrogens with one attached hydrogen (secondary N) is 2. The second-order valence-electron chi connectivity index (χ2n) is 5.55. The fourth-order valence-electron chi connectivity index (χ4n) is 1.71. The van der Waals surface area contributed by atoms with Crippen LogP contribution in [0.25, 0.3) is 0 Å². The molecular formula is C13H25N3O5. The maximum Gasteiger partial charge on any atom is 0.326 e. The molecule has 2 amide bonds. The summed E-state index contributed by atoms with van der Waals surface area (Å²) in [7, 11) is 3.75. The van der Waals surface area contributed by atoms with E-state index in [1.165, 1.54) is 0 Å². The van der Waals surface area contributed by atoms with Gasteiger partial charge in [-0.05, 0) is 26.4 Å². The van der Waals surface area contributed by atoms with Crippen molar-refractivity contribution in [2.24, 2.45) is 5.92 Å². The molecule has 0 saturated carbocycles. The Morgan fingerprint density at radius 3 is 2.05 bits per heavy atom. The van der Waals surface area contributed by atoms with Crippen molar-refractivity contribution in [1.82, 2.24) is 15.5 Å². The van der Waals surface area contributed by atoms with Crippen LogP contribution in [0, 0.1) is 5.92 Å². The lowest BCUT2D eigenvalue weighted by Gasteiger charge is -2.26. The number of carbonyl (C=O) groups is 3. The van der Waals surface area contributed by atoms with E-state index in [0.717, 1.165) is 0 Å². The minimum Gasteiger partial charge on any atom is -0.481 e. The van der Waals surface area contributed by atoms with Gasteiger partial charge in [0.1, 0.15) is 6.04 Å². The van der Waals surface area contributed by atoms with Crippen LogP contribution < -0.4 is 10.6 Å². The molecule has 0 aliphatic heterocycles. The van der Waals surface area contributed by atoms with Crippen LogP contribution in [-0.2, 0) is 9.59 Å². The highest BCUT2D eigenvalue weighted by Gasteiger charge is 2.23. The van der Waals surface area contributed by atoms with E-state index in [4.69, 9.17) is 10.2 Å². The number of aliphatic carboxylic acids is 2. The molecule has 21 heavy (non-hydrogen) atoms. The molecule has 0 heterocycles. The van der Waals surface area contributed by atoms with Crippen molar-refractivity contribution >= 4 is 18.0 Å². The molecule has 0 aromatic carbocycles. The van der Waals surface area contributed by atoms with Gasteiger partial charge in [0.05, 0.1) is 0 Å². The van der Waals surface area contributed by atoms with Gasteiger partial charge in [0.2, 0.25) is 0 Å². The van der Waals surface area contributed by atoms with Crippen molar-refractivity contribution in [2.75, 3.05) is 20.6 Å². The van der Waals surface area contributed by atoms with Crippen LogP contribution in [0.4, 0.5) is 4.79 Å². The summed E-state index contributed by atoms with van der Waals surface area (Å²) in [4.78, 5) is 35.2. The second-order valence-corrected chi connectivity index (χ2v) is 5.55. The summed E-state index contributed by atoms with van der Waals surface area (Å²) in [6, 6.07) is -1.95. The fraction of sp³-hybridized carbons (Fsp3) is 0.769. The molecule has 0 aliphatic rings. The third kappa shape index (κ3) is 8.85. The highest BCUT2D eigenvalue weighted by molar-refractivity contribution is 5.83. The van der Waals surface area contributed by atoms with Crippen molar-refractivity contribution in [3.8, 4) is 0 Å². The number of likely N-dealkylation sites (N-methyl/N-ethyl adjacent to an activating group) is 1. The highest BCUT2D eigenvalue weighted by atomic mass is 16.4. The van der Waals surface area contributed by atoms with Gasteiger partial charge in [0.15, 0.2) is 0 Å². The molecule has 2 unspecified atom stereocenters. The topological polar surface area (TPSA) is 119 Å². The van der Waals surface area contributed by atoms with Gasteiger partial charge < -0.3 is 25.7 Å². The molecule has 8 nitrogen and oxygen atoms in total. The Morgan fingerprint density at radius 1 is 1.10 bits per heavy atom. The van der Waals surface area contributed by atoms with Crippen molar-refractivity contribution in [2.45, 2.75) is 38.8 Å². The van der Waals surface area contributed by atoms with Gasteiger partial charge in [-0.3, -0.25) is 4.79 Å². The van der Waals surface area contributed by atoms with Gasteiger partial charge in [0.25, 0.3) is 0 Å². The Hall–Kier alpha value is -1.83. The molecule has 0 bridgehead atoms. The molecule has 0 saturated heterocycles. The Morgan fingerprint density at radius 2 is 1.67 bits per heavy atom. The van der Waals surface area contributed by atoms with Crippen molar-refractivity contribution in [3.05, 3.63) is 0 Å². The zero-order chi connectivity index (χ0) is 16.6. The number of carboxylic acids is 2. The van der Waals surface area contributed by atoms with E-state index in [0.29, 0.717) is 6.54 Å². The van der Waals surface area contributed by atoms with Crippen LogP contribution in [0.2, 0.25) is 0 Å². The zero-order valence-corrected chi connectivity index (χ0v) is 12.9. The molecule has 0 fully saturated rings. The molecule has 0 rings (SSSR count). The van der Waals surface area contributed by atoms with Gasteiger partial charge in [-0.1, -0.05) is 13.8 Å². The lowest BCUT2D eigenvalue weighted by molar-refractivity contribution is -0.140. The summed E-state index contributed by atoms with van der Waals surface area (Å²) in [5.41, 5.74) is 0. The number of hydrogen-bond acceptors (Lipinski definition) is 4. The van der Waals surface area contributed by atoms with Crippen LogP contribution in [0.5, 0.6) is 0 Å². The second kappa shape index (κ2) is 9.17. The maximum absolute atomic E-state index is 11.8. The first-order valence-electron chi connectivity index (χ1n) is 6.79. The van der Waals surface area contributed by atoms with Gasteiger partial charge in [0, 0.05) is 19.0 Å². The largest absolute Gasteiger partial charge is 0.481 e. The Balaban J connectivity index is 4.52. The first kappa shape index (κ1) is 19.2. The molecule has 0 aliphatic carbocycles. The molecule has 4 N–H and O–H groups in total. The molecule has 0 aromatic rings. The lowest BCUT2D eigenvalue weighted by atomic mass is 10.0. The van der Waals surface area contributed by atoms with Crippen LogP contribution >= 0.6 is 0 Å². The number of rotatable bonds is 9. The Bertz CT molecular complexity index is 371. The summed E-state index contributed by atoms with van der Waals surface area (Å²) in [6.07, 6.45) is -0.472. The monoisotopic (exact) mass is 303 g/mol. The molecule has 2 atom stereocenters. The van der Waals surface area contributed by atoms with Gasteiger partial charge in [-0.15, -0.1) is 0 Å². The summed E-state index contributed by atoms with van der Waals surface area (Å²) < 4.78 is 0. The minimum atomic E-state index is -1.25. The van der Waals surface area contributed by atoms with Crippen LogP contribution in [0.15, 0.2) is 0 Å². The van der Waals surface area contributed by atoms with E-state index < -0.39 is 24.0 Å². The average Bonchev–Trinajstić information content (AvgIpc) is 2.32. The van der Waals surface area contributed by atoms with E-state index in [1.54, 1.807) is 0 Å². The van der Waals surface area contributed by atoms with Crippen LogP contribution in [0.1, 0.15) is 26.7 Å². The van der Waals surface area contributed by atoms with Gasteiger partial charge in [-0.25, -0.2) is 9.59 Å². The SMILES string of the molecule is CC(C)C(CN(C)C)NC(=O)NC(CCC(=O)O)C(=O)O. The first-order valence-corrected chi connectivity index (χ1v) is 6.79. The summed E-state index contributed by atoms with van der Waals surface area (Å²) in [6.45, 7) is 4.53. The first-order chi connectivity index (χ1) is 9.63. The molecule has 0 spiro atoms. The highest BCUT2D eigenvalue weighted by Crippen LogP contribution is 2.03. The standard InChI is InChI=1S/C13H25N3O5/c1-8(2)10(7-16(3)4)15-13(21)14-9(12(19)20)5-6-11(17)18/h8-10H,5-7H2,1-4H3,(H,17,18)(H,19,20)(H2,14,15,21). The van der Waals surface area contributed by atoms with Crippen molar-refractivity contribution < 1.29 is 24.6 Å². The van der Waals surface area contributed by atoms with E-state index in [-0.39, 0.29) is 24.8 Å². The predicted molar refractivity (Wildman–Crippen MR) is 77.1 cm³/mol. The normalized spacial score (nSPS) is 13.8. The molecule has 0 radical (unpaired) electrons. The molecule has 8 heteroatoms. The number of carboxylic acid groups (broad SMARTS) is 2. The van der Waals surface area contributed by atoms with Gasteiger partial charge >= 0.3 is 18.0 Å². The van der Waals surface area contributed by atoms with E-state index in [2.05, 4.69) is 10.6 Å². The Labute approximate surface area is 124 Å². The lowest BCUT2D eigenvalue weighted by Crippen LogP contribution is -2.52. The maximum atomic E-state index is 11.8. The van der Waals surface area contributed by atoms with Crippen LogP contribution in [-0.4, -0.2) is 65.8 Å². The zero-order valence-electron chi connectivity index (χ0n) is 12.9. The Kier molecular flexibility index (Phi) is 8.37. The molecular weight excluding hydrogens is 278 g/mol. The number of hydrogen-bond donors (Lipinski definition) is 4. The van der Waals surface area contributed by atoms with Crippen molar-refractivity contribution in [3.63, 3.8) is 0 Å². The quantitative estimate of drug-likeness (QED) is 0.483. The predicted octanol–water partition coefficient (Wildman–Crippen LogP) is 0.190. The van der Waals surface area contributed by atoms with E-state index >= 15 is 0 Å². The van der Waals surface area contributed by atoms with Gasteiger partial charge in [-0.2, -0.15) is 0 Å². The summed E-state index contributed by atoms with van der Waals surface area (Å²) in [5.74, 6) is -2.17. The van der Waals surface area contributed by atoms with E-state index in [9.17, 15) is 14.4 Å². The summed E-state index contributed by atoms with van der Waals surface area (Å²) in [5, 5.41) is 22.6.